The van der Waals surface area contributed by atoms with Gasteiger partial charge in [0.2, 0.25) is 0 Å². The number of hydrogen-bond acceptors (Lipinski definition) is 7. The fourth-order valence-electron chi connectivity index (χ4n) is 4.87. The highest BCUT2D eigenvalue weighted by Crippen LogP contribution is 2.38. The quantitative estimate of drug-likeness (QED) is 0.363. The first-order valence-electron chi connectivity index (χ1n) is 13.8. The highest BCUT2D eigenvalue weighted by molar-refractivity contribution is 5.96. The third-order valence-electron chi connectivity index (χ3n) is 7.57. The fraction of sp³-hybridized carbons (Fsp3) is 0.464. The molecule has 0 spiro atoms. The second kappa shape index (κ2) is 12.2. The molecular formula is C28H28F6N6O3. The molecule has 1 saturated carbocycles. The number of rotatable bonds is 6. The Bertz CT molecular complexity index is 1510. The number of amides is 1. The van der Waals surface area contributed by atoms with E-state index in [1.54, 1.807) is 17.2 Å². The maximum absolute atomic E-state index is 15.1. The lowest BCUT2D eigenvalue weighted by Crippen LogP contribution is -2.42. The molecule has 15 heteroatoms. The van der Waals surface area contributed by atoms with Gasteiger partial charge in [0.15, 0.2) is 11.6 Å². The average molecular weight is 611 g/mol. The van der Waals surface area contributed by atoms with Gasteiger partial charge in [0, 0.05) is 43.9 Å². The lowest BCUT2D eigenvalue weighted by Gasteiger charge is -2.35. The SMILES string of the molecule is O=C(O)C(F)(F)F.O=C(c1cc2nc(NC3CC3)c(N3CCC([C@H](F)c4ccc(F)cc4F)CC3)nc2cn1)N1CCC1. The van der Waals surface area contributed by atoms with E-state index in [4.69, 9.17) is 19.9 Å². The molecule has 2 saturated heterocycles. The molecule has 230 valence electrons. The van der Waals surface area contributed by atoms with Crippen molar-refractivity contribution in [2.75, 3.05) is 36.4 Å². The number of halogens is 6. The molecule has 2 N–H and O–H groups in total. The number of piperidine rings is 1. The number of carbonyl (C=O) groups is 2. The number of hydrogen-bond donors (Lipinski definition) is 2. The van der Waals surface area contributed by atoms with Gasteiger partial charge in [-0.2, -0.15) is 13.2 Å². The van der Waals surface area contributed by atoms with Crippen molar-refractivity contribution in [2.24, 2.45) is 5.92 Å². The number of aromatic nitrogens is 3. The Morgan fingerprint density at radius 2 is 1.65 bits per heavy atom. The van der Waals surface area contributed by atoms with E-state index in [0.717, 1.165) is 44.5 Å². The summed E-state index contributed by atoms with van der Waals surface area (Å²) in [5.41, 5.74) is 1.46. The van der Waals surface area contributed by atoms with Crippen LogP contribution in [0.15, 0.2) is 30.5 Å². The molecule has 3 aromatic rings. The number of carboxylic acid groups (broad SMARTS) is 1. The third-order valence-corrected chi connectivity index (χ3v) is 7.57. The maximum atomic E-state index is 15.1. The summed E-state index contributed by atoms with van der Waals surface area (Å²) < 4.78 is 74.2. The van der Waals surface area contributed by atoms with Crippen molar-refractivity contribution in [2.45, 2.75) is 50.5 Å². The summed E-state index contributed by atoms with van der Waals surface area (Å²) in [6.07, 6.45) is -0.861. The monoisotopic (exact) mass is 610 g/mol. The second-order valence-corrected chi connectivity index (χ2v) is 10.7. The Labute approximate surface area is 241 Å². The van der Waals surface area contributed by atoms with Crippen molar-refractivity contribution < 1.29 is 41.0 Å². The summed E-state index contributed by atoms with van der Waals surface area (Å²) in [7, 11) is 0. The summed E-state index contributed by atoms with van der Waals surface area (Å²) in [6.45, 7) is 2.57. The van der Waals surface area contributed by atoms with Crippen LogP contribution in [-0.2, 0) is 4.79 Å². The lowest BCUT2D eigenvalue weighted by atomic mass is 9.88. The highest BCUT2D eigenvalue weighted by atomic mass is 19.4. The minimum atomic E-state index is -5.08. The highest BCUT2D eigenvalue weighted by Gasteiger charge is 2.38. The second-order valence-electron chi connectivity index (χ2n) is 10.7. The Balaban J connectivity index is 0.000000472. The van der Waals surface area contributed by atoms with Crippen molar-refractivity contribution in [3.05, 3.63) is 53.4 Å². The predicted octanol–water partition coefficient (Wildman–Crippen LogP) is 5.28. The molecule has 4 heterocycles. The van der Waals surface area contributed by atoms with Crippen LogP contribution in [0, 0.1) is 17.6 Å². The van der Waals surface area contributed by atoms with E-state index in [9.17, 15) is 26.7 Å². The predicted molar refractivity (Wildman–Crippen MR) is 143 cm³/mol. The average Bonchev–Trinajstić information content (AvgIpc) is 3.75. The van der Waals surface area contributed by atoms with Crippen molar-refractivity contribution in [1.82, 2.24) is 19.9 Å². The Kier molecular flexibility index (Phi) is 8.60. The molecule has 9 nitrogen and oxygen atoms in total. The molecule has 6 rings (SSSR count). The Hall–Kier alpha value is -4.17. The molecule has 0 bridgehead atoms. The number of alkyl halides is 4. The standard InChI is InChI=1S/C26H27F3N6O.C2HF3O2/c27-16-2-5-18(19(28)12-16)23(29)15-6-10-34(11-7-15)25-24(31-17-3-4-17)32-20-13-21(30-14-22(20)33-25)26(36)35-8-1-9-35;3-2(4,5)1(6)7/h2,5,12-15,17,23H,1,3-4,6-11H2,(H,31,32);(H,6,7)/t23-;/m0./s1. The van der Waals surface area contributed by atoms with E-state index in [1.165, 1.54) is 6.07 Å². The van der Waals surface area contributed by atoms with Gasteiger partial charge in [0.05, 0.1) is 11.7 Å². The van der Waals surface area contributed by atoms with E-state index in [1.807, 2.05) is 0 Å². The number of benzene rings is 1. The zero-order valence-corrected chi connectivity index (χ0v) is 22.8. The molecule has 1 aromatic carbocycles. The summed E-state index contributed by atoms with van der Waals surface area (Å²) in [5.74, 6) is -3.45. The molecule has 1 aliphatic carbocycles. The Morgan fingerprint density at radius 3 is 2.21 bits per heavy atom. The number of carboxylic acids is 1. The summed E-state index contributed by atoms with van der Waals surface area (Å²) in [5, 5.41) is 10.6. The molecule has 3 fully saturated rings. The van der Waals surface area contributed by atoms with Gasteiger partial charge in [-0.3, -0.25) is 4.79 Å². The van der Waals surface area contributed by atoms with Crippen LogP contribution in [0.4, 0.5) is 38.0 Å². The summed E-state index contributed by atoms with van der Waals surface area (Å²) >= 11 is 0. The zero-order chi connectivity index (χ0) is 30.9. The largest absolute Gasteiger partial charge is 0.490 e. The number of fused-ring (bicyclic) bond motifs is 1. The lowest BCUT2D eigenvalue weighted by molar-refractivity contribution is -0.192. The van der Waals surface area contributed by atoms with Gasteiger partial charge in [0.1, 0.15) is 29.0 Å². The van der Waals surface area contributed by atoms with Gasteiger partial charge < -0.3 is 20.2 Å². The number of nitrogens with zero attached hydrogens (tertiary/aromatic N) is 5. The molecule has 1 amide bonds. The topological polar surface area (TPSA) is 112 Å². The number of pyridine rings is 1. The molecular weight excluding hydrogens is 582 g/mol. The van der Waals surface area contributed by atoms with Crippen LogP contribution < -0.4 is 10.2 Å². The van der Waals surface area contributed by atoms with Gasteiger partial charge in [-0.25, -0.2) is 32.9 Å². The number of carbonyl (C=O) groups excluding carboxylic acids is 1. The van der Waals surface area contributed by atoms with E-state index >= 15 is 4.39 Å². The molecule has 2 aliphatic heterocycles. The van der Waals surface area contributed by atoms with E-state index in [-0.39, 0.29) is 17.4 Å². The van der Waals surface area contributed by atoms with Crippen molar-refractivity contribution in [3.63, 3.8) is 0 Å². The van der Waals surface area contributed by atoms with Crippen molar-refractivity contribution in [1.29, 1.82) is 0 Å². The maximum Gasteiger partial charge on any atom is 0.490 e. The van der Waals surface area contributed by atoms with Gasteiger partial charge >= 0.3 is 12.1 Å². The number of anilines is 2. The van der Waals surface area contributed by atoms with Gasteiger partial charge in [-0.05, 0) is 50.2 Å². The minimum absolute atomic E-state index is 0.0915. The van der Waals surface area contributed by atoms with Crippen LogP contribution in [0.3, 0.4) is 0 Å². The van der Waals surface area contributed by atoms with Gasteiger partial charge in [-0.1, -0.05) is 6.07 Å². The molecule has 0 unspecified atom stereocenters. The van der Waals surface area contributed by atoms with E-state index < -0.39 is 30.0 Å². The van der Waals surface area contributed by atoms with Crippen molar-refractivity contribution in [3.8, 4) is 0 Å². The molecule has 1 atom stereocenters. The van der Waals surface area contributed by atoms with Crippen LogP contribution in [0.1, 0.15) is 54.3 Å². The third kappa shape index (κ3) is 7.08. The van der Waals surface area contributed by atoms with Crippen LogP contribution >= 0.6 is 0 Å². The van der Waals surface area contributed by atoms with E-state index in [2.05, 4.69) is 15.2 Å². The molecule has 0 radical (unpaired) electrons. The normalized spacial score (nSPS) is 18.0. The first-order valence-corrected chi connectivity index (χ1v) is 13.8. The van der Waals surface area contributed by atoms with Crippen LogP contribution in [0.2, 0.25) is 0 Å². The Morgan fingerprint density at radius 1 is 0.977 bits per heavy atom. The summed E-state index contributed by atoms with van der Waals surface area (Å²) in [6, 6.07) is 5.06. The smallest absolute Gasteiger partial charge is 0.475 e. The van der Waals surface area contributed by atoms with Gasteiger partial charge in [-0.15, -0.1) is 0 Å². The molecule has 43 heavy (non-hydrogen) atoms. The van der Waals surface area contributed by atoms with Crippen LogP contribution in [0.5, 0.6) is 0 Å². The number of nitrogens with one attached hydrogen (secondary N) is 1. The van der Waals surface area contributed by atoms with Crippen LogP contribution in [0.25, 0.3) is 11.0 Å². The first kappa shape index (κ1) is 30.3. The van der Waals surface area contributed by atoms with E-state index in [0.29, 0.717) is 60.3 Å². The van der Waals surface area contributed by atoms with Gasteiger partial charge in [0.25, 0.3) is 5.91 Å². The van der Waals surface area contributed by atoms with Crippen LogP contribution in [-0.4, -0.2) is 75.2 Å². The minimum Gasteiger partial charge on any atom is -0.475 e. The molecule has 2 aromatic heterocycles. The molecule has 3 aliphatic rings. The number of likely N-dealkylation sites (tertiary alicyclic amines) is 1. The fourth-order valence-corrected chi connectivity index (χ4v) is 4.87. The zero-order valence-electron chi connectivity index (χ0n) is 22.8. The first-order chi connectivity index (χ1) is 20.4. The summed E-state index contributed by atoms with van der Waals surface area (Å²) in [4.78, 5) is 39.3. The van der Waals surface area contributed by atoms with Crippen molar-refractivity contribution >= 4 is 34.5 Å². The number of aliphatic carboxylic acids is 1.